The van der Waals surface area contributed by atoms with Gasteiger partial charge in [-0.05, 0) is 32.0 Å². The van der Waals surface area contributed by atoms with Crippen LogP contribution in [-0.2, 0) is 0 Å². The van der Waals surface area contributed by atoms with Gasteiger partial charge in [0.1, 0.15) is 0 Å². The van der Waals surface area contributed by atoms with E-state index in [1.165, 1.54) is 0 Å². The van der Waals surface area contributed by atoms with Crippen molar-refractivity contribution in [3.8, 4) is 0 Å². The van der Waals surface area contributed by atoms with E-state index in [-0.39, 0.29) is 11.9 Å². The fraction of sp³-hybridized carbons (Fsp3) is 0.167. The Bertz CT molecular complexity index is 597. The predicted octanol–water partition coefficient (Wildman–Crippen LogP) is 1.32. The number of aryl methyl sites for hydroxylation is 2. The number of nitrogens with zero attached hydrogens (tertiary/aromatic N) is 3. The molecule has 0 saturated carbocycles. The van der Waals surface area contributed by atoms with Crippen molar-refractivity contribution in [3.63, 3.8) is 0 Å². The van der Waals surface area contributed by atoms with Crippen LogP contribution in [0, 0.1) is 13.8 Å². The lowest BCUT2D eigenvalue weighted by atomic mass is 10.2. The lowest BCUT2D eigenvalue weighted by Crippen LogP contribution is -2.15. The van der Waals surface area contributed by atoms with Gasteiger partial charge in [-0.3, -0.25) is 10.1 Å². The zero-order valence-electron chi connectivity index (χ0n) is 10.1. The molecule has 0 spiro atoms. The van der Waals surface area contributed by atoms with E-state index in [9.17, 15) is 4.79 Å². The fourth-order valence-corrected chi connectivity index (χ4v) is 1.36. The van der Waals surface area contributed by atoms with Gasteiger partial charge in [0.15, 0.2) is 0 Å². The first kappa shape index (κ1) is 12.0. The van der Waals surface area contributed by atoms with E-state index >= 15 is 0 Å². The Morgan fingerprint density at radius 2 is 2.00 bits per heavy atom. The van der Waals surface area contributed by atoms with Crippen molar-refractivity contribution in [1.82, 2.24) is 15.2 Å². The summed E-state index contributed by atoms with van der Waals surface area (Å²) in [6.45, 7) is 3.61. The normalized spacial score (nSPS) is 10.1. The predicted molar refractivity (Wildman–Crippen MR) is 68.1 cm³/mol. The number of rotatable bonds is 2. The Labute approximate surface area is 104 Å². The summed E-state index contributed by atoms with van der Waals surface area (Å²) in [4.78, 5) is 16.0. The first-order valence-electron chi connectivity index (χ1n) is 5.41. The maximum Gasteiger partial charge on any atom is 0.258 e. The molecule has 0 fully saturated rings. The molecule has 1 heterocycles. The third-order valence-corrected chi connectivity index (χ3v) is 2.47. The molecule has 1 aromatic heterocycles. The highest BCUT2D eigenvalue weighted by atomic mass is 16.1. The van der Waals surface area contributed by atoms with Gasteiger partial charge < -0.3 is 5.73 Å². The van der Waals surface area contributed by atoms with Crippen LogP contribution in [0.5, 0.6) is 0 Å². The van der Waals surface area contributed by atoms with Gasteiger partial charge in [0.05, 0.1) is 11.4 Å². The molecule has 0 radical (unpaired) electrons. The Morgan fingerprint density at radius 1 is 1.22 bits per heavy atom. The van der Waals surface area contributed by atoms with Crippen molar-refractivity contribution in [2.24, 2.45) is 0 Å². The van der Waals surface area contributed by atoms with Crippen LogP contribution < -0.4 is 11.1 Å². The van der Waals surface area contributed by atoms with E-state index in [1.54, 1.807) is 38.1 Å². The minimum Gasteiger partial charge on any atom is -0.399 e. The topological polar surface area (TPSA) is 93.8 Å². The average molecular weight is 243 g/mol. The number of nitrogen functional groups attached to an aromatic ring is 1. The second kappa shape index (κ2) is 4.79. The molecule has 0 aliphatic heterocycles. The van der Waals surface area contributed by atoms with Gasteiger partial charge in [0.25, 0.3) is 5.91 Å². The molecule has 0 aliphatic rings. The van der Waals surface area contributed by atoms with Gasteiger partial charge in [-0.2, -0.15) is 5.10 Å². The molecule has 0 saturated heterocycles. The number of carbonyl (C=O) groups excluding carboxylic acids is 1. The number of benzene rings is 1. The van der Waals surface area contributed by atoms with Crippen molar-refractivity contribution in [2.75, 3.05) is 11.1 Å². The summed E-state index contributed by atoms with van der Waals surface area (Å²) in [7, 11) is 0. The average Bonchev–Trinajstić information content (AvgIpc) is 2.34. The molecule has 1 aromatic carbocycles. The van der Waals surface area contributed by atoms with Crippen molar-refractivity contribution >= 4 is 17.5 Å². The molecule has 0 atom stereocenters. The highest BCUT2D eigenvalue weighted by Gasteiger charge is 2.09. The minimum atomic E-state index is -0.313. The highest BCUT2D eigenvalue weighted by Crippen LogP contribution is 2.09. The maximum absolute atomic E-state index is 11.9. The van der Waals surface area contributed by atoms with Crippen molar-refractivity contribution in [1.29, 1.82) is 0 Å². The van der Waals surface area contributed by atoms with Gasteiger partial charge in [-0.25, -0.2) is 4.98 Å². The van der Waals surface area contributed by atoms with Gasteiger partial charge in [0.2, 0.25) is 5.95 Å². The van der Waals surface area contributed by atoms with Gasteiger partial charge >= 0.3 is 0 Å². The first-order valence-corrected chi connectivity index (χ1v) is 5.41. The quantitative estimate of drug-likeness (QED) is 0.776. The van der Waals surface area contributed by atoms with Crippen LogP contribution in [0.15, 0.2) is 24.3 Å². The second-order valence-electron chi connectivity index (χ2n) is 3.89. The van der Waals surface area contributed by atoms with E-state index in [4.69, 9.17) is 5.73 Å². The molecule has 1 amide bonds. The summed E-state index contributed by atoms with van der Waals surface area (Å²) in [5.74, 6) is -0.127. The number of anilines is 2. The van der Waals surface area contributed by atoms with Gasteiger partial charge in [-0.15, -0.1) is 5.10 Å². The molecule has 2 aromatic rings. The Kier molecular flexibility index (Phi) is 3.18. The molecule has 0 unspecified atom stereocenters. The van der Waals surface area contributed by atoms with Crippen LogP contribution in [-0.4, -0.2) is 21.1 Å². The molecule has 6 heteroatoms. The number of nitrogens with two attached hydrogens (primary N) is 1. The molecule has 0 bridgehead atoms. The fourth-order valence-electron chi connectivity index (χ4n) is 1.36. The Hall–Kier alpha value is -2.50. The molecular weight excluding hydrogens is 230 g/mol. The SMILES string of the molecule is Cc1nnc(NC(=O)c2cccc(N)c2)nc1C. The highest BCUT2D eigenvalue weighted by molar-refractivity contribution is 6.03. The number of hydrogen-bond acceptors (Lipinski definition) is 5. The number of aromatic nitrogens is 3. The summed E-state index contributed by atoms with van der Waals surface area (Å²) in [5, 5.41) is 10.3. The smallest absolute Gasteiger partial charge is 0.258 e. The third-order valence-electron chi connectivity index (χ3n) is 2.47. The summed E-state index contributed by atoms with van der Waals surface area (Å²) in [6, 6.07) is 6.68. The maximum atomic E-state index is 11.9. The van der Waals surface area contributed by atoms with Crippen molar-refractivity contribution in [3.05, 3.63) is 41.2 Å². The van der Waals surface area contributed by atoms with E-state index < -0.39 is 0 Å². The number of nitrogens with one attached hydrogen (secondary N) is 1. The molecule has 18 heavy (non-hydrogen) atoms. The van der Waals surface area contributed by atoms with Crippen LogP contribution in [0.25, 0.3) is 0 Å². The zero-order valence-corrected chi connectivity index (χ0v) is 10.1. The molecule has 92 valence electrons. The Balaban J connectivity index is 2.18. The van der Waals surface area contributed by atoms with Crippen LogP contribution >= 0.6 is 0 Å². The standard InChI is InChI=1S/C12H13N5O/c1-7-8(2)16-17-12(14-7)15-11(18)9-4-3-5-10(13)6-9/h3-6H,13H2,1-2H3,(H,14,15,17,18). The van der Waals surface area contributed by atoms with Crippen molar-refractivity contribution in [2.45, 2.75) is 13.8 Å². The monoisotopic (exact) mass is 243 g/mol. The molecular formula is C12H13N5O. The summed E-state index contributed by atoms with van der Waals surface area (Å²) < 4.78 is 0. The van der Waals surface area contributed by atoms with E-state index in [2.05, 4.69) is 20.5 Å². The van der Waals surface area contributed by atoms with Crippen LogP contribution in [0.2, 0.25) is 0 Å². The molecule has 3 N–H and O–H groups in total. The van der Waals surface area contributed by atoms with Gasteiger partial charge in [-0.1, -0.05) is 6.07 Å². The lowest BCUT2D eigenvalue weighted by Gasteiger charge is -2.05. The second-order valence-corrected chi connectivity index (χ2v) is 3.89. The minimum absolute atomic E-state index is 0.186. The van der Waals surface area contributed by atoms with E-state index in [0.29, 0.717) is 11.3 Å². The zero-order chi connectivity index (χ0) is 13.1. The van der Waals surface area contributed by atoms with Crippen LogP contribution in [0.4, 0.5) is 11.6 Å². The Morgan fingerprint density at radius 3 is 2.67 bits per heavy atom. The molecule has 0 aliphatic carbocycles. The number of hydrogen-bond donors (Lipinski definition) is 2. The summed E-state index contributed by atoms with van der Waals surface area (Å²) in [5.41, 5.74) is 8.06. The molecule has 2 rings (SSSR count). The lowest BCUT2D eigenvalue weighted by molar-refractivity contribution is 0.102. The summed E-state index contributed by atoms with van der Waals surface area (Å²) in [6.07, 6.45) is 0. The number of amides is 1. The van der Waals surface area contributed by atoms with Gasteiger partial charge in [0, 0.05) is 11.3 Å². The van der Waals surface area contributed by atoms with Crippen molar-refractivity contribution < 1.29 is 4.79 Å². The summed E-state index contributed by atoms with van der Waals surface area (Å²) >= 11 is 0. The number of carbonyl (C=O) groups is 1. The van der Waals surface area contributed by atoms with Crippen LogP contribution in [0.1, 0.15) is 21.7 Å². The van der Waals surface area contributed by atoms with Crippen LogP contribution in [0.3, 0.4) is 0 Å². The van der Waals surface area contributed by atoms with E-state index in [0.717, 1.165) is 11.4 Å². The molecule has 6 nitrogen and oxygen atoms in total. The first-order chi connectivity index (χ1) is 8.56. The van der Waals surface area contributed by atoms with E-state index in [1.807, 2.05) is 0 Å². The largest absolute Gasteiger partial charge is 0.399 e. The third kappa shape index (κ3) is 2.60.